The topological polar surface area (TPSA) is 87.7 Å². The number of hydrogen-bond acceptors (Lipinski definition) is 5. The maximum atomic E-state index is 12.3. The molecule has 2 rings (SSSR count). The summed E-state index contributed by atoms with van der Waals surface area (Å²) in [6.45, 7) is 2.26. The van der Waals surface area contributed by atoms with Crippen molar-refractivity contribution in [2.24, 2.45) is 0 Å². The first kappa shape index (κ1) is 21.9. The minimum Gasteiger partial charge on any atom is -0.394 e. The van der Waals surface area contributed by atoms with E-state index in [4.69, 9.17) is 33.0 Å². The first-order valence-corrected chi connectivity index (χ1v) is 10.7. The lowest BCUT2D eigenvalue weighted by Crippen LogP contribution is -2.29. The number of sulfonamides is 1. The quantitative estimate of drug-likeness (QED) is 0.500. The molecule has 3 N–H and O–H groups in total. The van der Waals surface area contributed by atoms with Gasteiger partial charge in [0.25, 0.3) is 0 Å². The third-order valence-electron chi connectivity index (χ3n) is 3.71. The Kier molecular flexibility index (Phi) is 8.34. The molecule has 27 heavy (non-hydrogen) atoms. The van der Waals surface area contributed by atoms with E-state index < -0.39 is 10.0 Å². The first-order chi connectivity index (χ1) is 12.8. The third-order valence-corrected chi connectivity index (χ3v) is 5.85. The number of aryl methyl sites for hydroxylation is 1. The average Bonchev–Trinajstić information content (AvgIpc) is 2.63. The molecule has 2 aromatic rings. The van der Waals surface area contributed by atoms with Crippen molar-refractivity contribution in [2.45, 2.75) is 12.7 Å². The Balaban J connectivity index is 2.13. The van der Waals surface area contributed by atoms with Crippen molar-refractivity contribution in [1.82, 2.24) is 4.72 Å². The van der Waals surface area contributed by atoms with Gasteiger partial charge in [0.2, 0.25) is 10.0 Å². The molecule has 0 aliphatic carbocycles. The van der Waals surface area contributed by atoms with Crippen LogP contribution in [0.25, 0.3) is 0 Å². The summed E-state index contributed by atoms with van der Waals surface area (Å²) in [5, 5.41) is 12.7. The lowest BCUT2D eigenvalue weighted by molar-refractivity contribution is 0.0961. The van der Waals surface area contributed by atoms with Crippen molar-refractivity contribution in [1.29, 1.82) is 0 Å². The van der Waals surface area contributed by atoms with Gasteiger partial charge in [-0.1, -0.05) is 47.5 Å². The first-order valence-electron chi connectivity index (χ1n) is 8.29. The van der Waals surface area contributed by atoms with Crippen molar-refractivity contribution in [3.8, 4) is 0 Å². The van der Waals surface area contributed by atoms with E-state index in [2.05, 4.69) is 10.0 Å². The second-order valence-electron chi connectivity index (χ2n) is 5.82. The Morgan fingerprint density at radius 3 is 2.59 bits per heavy atom. The number of hydrogen-bond donors (Lipinski definition) is 3. The predicted octanol–water partition coefficient (Wildman–Crippen LogP) is 3.47. The fourth-order valence-corrected chi connectivity index (χ4v) is 3.99. The molecule has 0 saturated carbocycles. The van der Waals surface area contributed by atoms with Crippen LogP contribution in [0, 0.1) is 6.92 Å². The number of para-hydroxylation sites is 1. The molecule has 0 radical (unpaired) electrons. The van der Waals surface area contributed by atoms with E-state index in [1.165, 1.54) is 0 Å². The number of halogens is 2. The van der Waals surface area contributed by atoms with Crippen LogP contribution in [-0.4, -0.2) is 39.9 Å². The lowest BCUT2D eigenvalue weighted by Gasteiger charge is -2.16. The number of anilines is 2. The number of rotatable bonds is 10. The molecule has 0 fully saturated rings. The molecule has 0 aliphatic rings. The summed E-state index contributed by atoms with van der Waals surface area (Å²) in [6, 6.07) is 10.6. The highest BCUT2D eigenvalue weighted by Gasteiger charge is 2.16. The van der Waals surface area contributed by atoms with E-state index in [0.29, 0.717) is 27.0 Å². The molecular formula is C18H22Cl2N2O4S. The van der Waals surface area contributed by atoms with Crippen LogP contribution in [0.15, 0.2) is 36.4 Å². The number of aliphatic hydroxyl groups excluding tert-OH is 1. The summed E-state index contributed by atoms with van der Waals surface area (Å²) in [5.41, 5.74) is 2.58. The van der Waals surface area contributed by atoms with Gasteiger partial charge >= 0.3 is 0 Å². The summed E-state index contributed by atoms with van der Waals surface area (Å²) in [5.74, 6) is -0.211. The molecule has 0 amide bonds. The van der Waals surface area contributed by atoms with Gasteiger partial charge in [-0.25, -0.2) is 13.1 Å². The fourth-order valence-electron chi connectivity index (χ4n) is 2.37. The zero-order valence-electron chi connectivity index (χ0n) is 14.8. The van der Waals surface area contributed by atoms with Crippen molar-refractivity contribution < 1.29 is 18.3 Å². The average molecular weight is 433 g/mol. The molecular weight excluding hydrogens is 411 g/mol. The number of nitrogens with one attached hydrogen (secondary N) is 2. The van der Waals surface area contributed by atoms with Crippen LogP contribution < -0.4 is 10.0 Å². The molecule has 0 heterocycles. The van der Waals surface area contributed by atoms with Gasteiger partial charge in [-0.05, 0) is 30.2 Å². The predicted molar refractivity (Wildman–Crippen MR) is 109 cm³/mol. The Labute approximate surface area is 169 Å². The zero-order chi connectivity index (χ0) is 19.9. The van der Waals surface area contributed by atoms with Crippen LogP contribution in [0.2, 0.25) is 10.0 Å². The summed E-state index contributed by atoms with van der Waals surface area (Å²) < 4.78 is 32.2. The summed E-state index contributed by atoms with van der Waals surface area (Å²) in [7, 11) is -3.56. The molecule has 0 unspecified atom stereocenters. The summed E-state index contributed by atoms with van der Waals surface area (Å²) in [6.07, 6.45) is 0. The van der Waals surface area contributed by atoms with E-state index in [1.54, 1.807) is 30.3 Å². The van der Waals surface area contributed by atoms with Crippen LogP contribution in [0.5, 0.6) is 0 Å². The van der Waals surface area contributed by atoms with Gasteiger partial charge in [0.1, 0.15) is 0 Å². The molecule has 0 aromatic heterocycles. The largest absolute Gasteiger partial charge is 0.394 e. The molecule has 2 aromatic carbocycles. The molecule has 0 atom stereocenters. The fraction of sp³-hybridized carbons (Fsp3) is 0.333. The van der Waals surface area contributed by atoms with E-state index in [1.807, 2.05) is 13.0 Å². The lowest BCUT2D eigenvalue weighted by atomic mass is 10.1. The summed E-state index contributed by atoms with van der Waals surface area (Å²) in [4.78, 5) is 0. The molecule has 0 bridgehead atoms. The van der Waals surface area contributed by atoms with Crippen LogP contribution in [0.1, 0.15) is 11.1 Å². The SMILES string of the molecule is Cc1ccc(Cl)c(Nc2ccccc2CS(=O)(=O)NCCOCCO)c1Cl. The van der Waals surface area contributed by atoms with E-state index in [-0.39, 0.29) is 32.1 Å². The monoisotopic (exact) mass is 432 g/mol. The van der Waals surface area contributed by atoms with E-state index in [0.717, 1.165) is 5.56 Å². The minimum atomic E-state index is -3.56. The highest BCUT2D eigenvalue weighted by atomic mass is 35.5. The molecule has 148 valence electrons. The molecule has 9 heteroatoms. The highest BCUT2D eigenvalue weighted by molar-refractivity contribution is 7.88. The van der Waals surface area contributed by atoms with Gasteiger partial charge in [-0.15, -0.1) is 0 Å². The Bertz CT molecular complexity index is 876. The maximum absolute atomic E-state index is 12.3. The van der Waals surface area contributed by atoms with Crippen LogP contribution in [0.4, 0.5) is 11.4 Å². The molecule has 0 spiro atoms. The zero-order valence-corrected chi connectivity index (χ0v) is 17.2. The maximum Gasteiger partial charge on any atom is 0.215 e. The molecule has 0 saturated heterocycles. The smallest absolute Gasteiger partial charge is 0.215 e. The summed E-state index contributed by atoms with van der Waals surface area (Å²) >= 11 is 12.6. The van der Waals surface area contributed by atoms with Crippen LogP contribution in [0.3, 0.4) is 0 Å². The van der Waals surface area contributed by atoms with Gasteiger partial charge in [-0.2, -0.15) is 0 Å². The Morgan fingerprint density at radius 2 is 1.85 bits per heavy atom. The van der Waals surface area contributed by atoms with Gasteiger partial charge in [-0.3, -0.25) is 0 Å². The normalized spacial score (nSPS) is 11.6. The van der Waals surface area contributed by atoms with Crippen molar-refractivity contribution >= 4 is 44.6 Å². The van der Waals surface area contributed by atoms with Gasteiger partial charge in [0.05, 0.1) is 41.3 Å². The number of benzene rings is 2. The second-order valence-corrected chi connectivity index (χ2v) is 8.42. The number of ether oxygens (including phenoxy) is 1. The third kappa shape index (κ3) is 6.64. The Morgan fingerprint density at radius 1 is 1.11 bits per heavy atom. The minimum absolute atomic E-state index is 0.101. The Hall–Kier alpha value is -1.35. The standard InChI is InChI=1S/C18H22Cl2N2O4S/c1-13-6-7-15(19)18(17(13)20)22-16-5-3-2-4-14(16)12-27(24,25)21-8-10-26-11-9-23/h2-7,21-23H,8-12H2,1H3. The van der Waals surface area contributed by atoms with Crippen LogP contribution in [-0.2, 0) is 20.5 Å². The molecule has 0 aliphatic heterocycles. The van der Waals surface area contributed by atoms with Crippen molar-refractivity contribution in [3.63, 3.8) is 0 Å². The van der Waals surface area contributed by atoms with Crippen LogP contribution >= 0.6 is 23.2 Å². The van der Waals surface area contributed by atoms with E-state index >= 15 is 0 Å². The van der Waals surface area contributed by atoms with Crippen molar-refractivity contribution in [2.75, 3.05) is 31.7 Å². The van der Waals surface area contributed by atoms with Crippen molar-refractivity contribution in [3.05, 3.63) is 57.6 Å². The van der Waals surface area contributed by atoms with Gasteiger partial charge < -0.3 is 15.2 Å². The second kappa shape index (κ2) is 10.3. The number of aliphatic hydroxyl groups is 1. The highest BCUT2D eigenvalue weighted by Crippen LogP contribution is 2.36. The van der Waals surface area contributed by atoms with E-state index in [9.17, 15) is 8.42 Å². The van der Waals surface area contributed by atoms with Gasteiger partial charge in [0.15, 0.2) is 0 Å². The van der Waals surface area contributed by atoms with Gasteiger partial charge in [0, 0.05) is 12.2 Å². The molecule has 6 nitrogen and oxygen atoms in total.